The van der Waals surface area contributed by atoms with Crippen molar-refractivity contribution in [3.63, 3.8) is 0 Å². The third-order valence-corrected chi connectivity index (χ3v) is 3.56. The van der Waals surface area contributed by atoms with Crippen molar-refractivity contribution in [1.82, 2.24) is 4.98 Å². The fourth-order valence-electron chi connectivity index (χ4n) is 2.27. The molecule has 0 fully saturated rings. The Morgan fingerprint density at radius 2 is 1.86 bits per heavy atom. The van der Waals surface area contributed by atoms with Gasteiger partial charge in [0.05, 0.1) is 5.52 Å². The smallest absolute Gasteiger partial charge is 0.256 e. The van der Waals surface area contributed by atoms with Gasteiger partial charge in [-0.1, -0.05) is 34.4 Å². The Balaban J connectivity index is 2.06. The minimum absolute atomic E-state index is 0.122. The number of aryl methyl sites for hydroxylation is 1. The van der Waals surface area contributed by atoms with Gasteiger partial charge in [-0.15, -0.1) is 0 Å². The molecule has 100 valence electrons. The van der Waals surface area contributed by atoms with Crippen LogP contribution in [0.4, 0.5) is 5.69 Å². The molecule has 21 heavy (non-hydrogen) atoms. The van der Waals surface area contributed by atoms with Gasteiger partial charge in [0.25, 0.3) is 5.91 Å². The molecule has 4 heteroatoms. The number of rotatable bonds is 2. The van der Waals surface area contributed by atoms with Crippen LogP contribution in [0.3, 0.4) is 0 Å². The normalized spacial score (nSPS) is 10.5. The van der Waals surface area contributed by atoms with E-state index in [0.717, 1.165) is 26.7 Å². The molecule has 0 atom stereocenters. The fourth-order valence-corrected chi connectivity index (χ4v) is 2.57. The van der Waals surface area contributed by atoms with Crippen molar-refractivity contribution in [1.29, 1.82) is 0 Å². The van der Waals surface area contributed by atoms with Gasteiger partial charge < -0.3 is 5.32 Å². The van der Waals surface area contributed by atoms with Gasteiger partial charge in [-0.05, 0) is 37.3 Å². The summed E-state index contributed by atoms with van der Waals surface area (Å²) in [7, 11) is 0. The maximum absolute atomic E-state index is 12.5. The van der Waals surface area contributed by atoms with Gasteiger partial charge in [-0.2, -0.15) is 0 Å². The number of fused-ring (bicyclic) bond motifs is 1. The maximum atomic E-state index is 12.5. The van der Waals surface area contributed by atoms with E-state index in [1.807, 2.05) is 55.5 Å². The molecular formula is C17H13AlN2O. The Hall–Kier alpha value is -2.15. The average molecular weight is 288 g/mol. The summed E-state index contributed by atoms with van der Waals surface area (Å²) < 4.78 is 0.754. The number of nitrogens with zero attached hydrogens (tertiary/aromatic N) is 1. The Morgan fingerprint density at radius 3 is 2.62 bits per heavy atom. The SMILES string of the molecule is Cc1ccc2n[c]([Al])cc(C(=O)Nc3ccccc3)c2c1. The molecule has 1 heterocycles. The first-order valence-corrected chi connectivity index (χ1v) is 7.24. The lowest BCUT2D eigenvalue weighted by Crippen LogP contribution is -2.17. The number of nitrogens with one attached hydrogen (secondary N) is 1. The van der Waals surface area contributed by atoms with Crippen LogP contribution in [0.25, 0.3) is 10.9 Å². The third-order valence-electron chi connectivity index (χ3n) is 3.26. The molecule has 0 saturated heterocycles. The molecule has 0 bridgehead atoms. The van der Waals surface area contributed by atoms with Crippen LogP contribution in [0, 0.1) is 6.92 Å². The van der Waals surface area contributed by atoms with Crippen molar-refractivity contribution in [2.45, 2.75) is 6.92 Å². The standard InChI is InChI=1S/C17H13N2O.Al/c1-12-7-8-16-15(11-12)14(9-10-18-16)17(20)19-13-5-3-2-4-6-13;/h2-9,11H,1H3,(H,19,20);. The quantitative estimate of drug-likeness (QED) is 0.736. The summed E-state index contributed by atoms with van der Waals surface area (Å²) in [6.07, 6.45) is 0. The van der Waals surface area contributed by atoms with E-state index < -0.39 is 0 Å². The van der Waals surface area contributed by atoms with E-state index in [9.17, 15) is 4.79 Å². The number of carbonyl (C=O) groups excluding carboxylic acids is 1. The zero-order valence-electron chi connectivity index (χ0n) is 11.6. The molecule has 2 radical (unpaired) electrons. The molecule has 1 N–H and O–H groups in total. The highest BCUT2D eigenvalue weighted by atomic mass is 27.0. The van der Waals surface area contributed by atoms with E-state index >= 15 is 0 Å². The molecular weight excluding hydrogens is 275 g/mol. The van der Waals surface area contributed by atoms with E-state index in [1.54, 1.807) is 6.07 Å². The molecule has 2 aromatic carbocycles. The summed E-state index contributed by atoms with van der Waals surface area (Å²) in [6.45, 7) is 2.01. The van der Waals surface area contributed by atoms with Gasteiger partial charge in [0.2, 0.25) is 16.3 Å². The largest absolute Gasteiger partial charge is 0.322 e. The van der Waals surface area contributed by atoms with Crippen molar-refractivity contribution in [2.24, 2.45) is 0 Å². The van der Waals surface area contributed by atoms with Crippen LogP contribution in [-0.4, -0.2) is 27.2 Å². The second kappa shape index (κ2) is 5.69. The number of para-hydroxylation sites is 1. The van der Waals surface area contributed by atoms with Gasteiger partial charge >= 0.3 is 0 Å². The number of amides is 1. The predicted molar refractivity (Wildman–Crippen MR) is 86.3 cm³/mol. The number of benzene rings is 2. The molecule has 0 aliphatic heterocycles. The van der Waals surface area contributed by atoms with Crippen molar-refractivity contribution in [2.75, 3.05) is 5.32 Å². The van der Waals surface area contributed by atoms with Crippen LogP contribution in [0.2, 0.25) is 0 Å². The zero-order valence-corrected chi connectivity index (χ0v) is 12.8. The van der Waals surface area contributed by atoms with Gasteiger partial charge in [0.15, 0.2) is 0 Å². The lowest BCUT2D eigenvalue weighted by Gasteiger charge is -2.10. The Bertz CT molecular complexity index is 816. The highest BCUT2D eigenvalue weighted by Gasteiger charge is 2.12. The molecule has 3 rings (SSSR count). The molecule has 3 nitrogen and oxygen atoms in total. The van der Waals surface area contributed by atoms with Crippen molar-refractivity contribution in [3.8, 4) is 0 Å². The van der Waals surface area contributed by atoms with Crippen LogP contribution < -0.4 is 9.87 Å². The Morgan fingerprint density at radius 1 is 1.10 bits per heavy atom. The van der Waals surface area contributed by atoms with E-state index in [1.165, 1.54) is 0 Å². The number of carbonyl (C=O) groups is 1. The van der Waals surface area contributed by atoms with Crippen LogP contribution >= 0.6 is 0 Å². The summed E-state index contributed by atoms with van der Waals surface area (Å²) in [5, 5.41) is 3.79. The molecule has 0 aliphatic carbocycles. The van der Waals surface area contributed by atoms with E-state index in [-0.39, 0.29) is 5.91 Å². The summed E-state index contributed by atoms with van der Waals surface area (Å²) in [6, 6.07) is 17.2. The summed E-state index contributed by atoms with van der Waals surface area (Å²) in [5.74, 6) is -0.122. The second-order valence-electron chi connectivity index (χ2n) is 4.94. The number of hydrogen-bond acceptors (Lipinski definition) is 2. The number of hydrogen-bond donors (Lipinski definition) is 1. The van der Waals surface area contributed by atoms with Gasteiger partial charge in [-0.3, -0.25) is 9.78 Å². The van der Waals surface area contributed by atoms with Crippen LogP contribution in [-0.2, 0) is 0 Å². The Kier molecular flexibility index (Phi) is 3.74. The van der Waals surface area contributed by atoms with Crippen LogP contribution in [0.15, 0.2) is 54.6 Å². The van der Waals surface area contributed by atoms with Gasteiger partial charge in [0.1, 0.15) is 0 Å². The molecule has 0 spiro atoms. The summed E-state index contributed by atoms with van der Waals surface area (Å²) >= 11 is 2.55. The van der Waals surface area contributed by atoms with Crippen molar-refractivity contribution < 1.29 is 4.79 Å². The van der Waals surface area contributed by atoms with Crippen LogP contribution in [0.1, 0.15) is 15.9 Å². The van der Waals surface area contributed by atoms with E-state index in [4.69, 9.17) is 0 Å². The highest BCUT2D eigenvalue weighted by molar-refractivity contribution is 6.32. The average Bonchev–Trinajstić information content (AvgIpc) is 2.48. The molecule has 0 aliphatic rings. The van der Waals surface area contributed by atoms with Crippen molar-refractivity contribution >= 4 is 43.3 Å². The first-order valence-electron chi connectivity index (χ1n) is 6.67. The first kappa shape index (κ1) is 13.8. The van der Waals surface area contributed by atoms with Gasteiger partial charge in [0, 0.05) is 16.6 Å². The summed E-state index contributed by atoms with van der Waals surface area (Å²) in [5.41, 5.74) is 3.35. The topological polar surface area (TPSA) is 42.0 Å². The van der Waals surface area contributed by atoms with Crippen molar-refractivity contribution in [3.05, 3.63) is 65.7 Å². The zero-order chi connectivity index (χ0) is 14.8. The molecule has 0 saturated carbocycles. The third kappa shape index (κ3) is 2.97. The monoisotopic (exact) mass is 288 g/mol. The first-order chi connectivity index (χ1) is 10.1. The predicted octanol–water partition coefficient (Wildman–Crippen LogP) is 2.59. The highest BCUT2D eigenvalue weighted by Crippen LogP contribution is 2.19. The molecule has 0 unspecified atom stereocenters. The van der Waals surface area contributed by atoms with Gasteiger partial charge in [-0.25, -0.2) is 0 Å². The number of pyridine rings is 1. The lowest BCUT2D eigenvalue weighted by molar-refractivity contribution is 0.102. The maximum Gasteiger partial charge on any atom is 0.256 e. The number of anilines is 1. The fraction of sp³-hybridized carbons (Fsp3) is 0.0588. The molecule has 1 aromatic heterocycles. The summed E-state index contributed by atoms with van der Waals surface area (Å²) in [4.78, 5) is 17.0. The minimum Gasteiger partial charge on any atom is -0.322 e. The number of aromatic nitrogens is 1. The molecule has 3 aromatic rings. The minimum atomic E-state index is -0.122. The van der Waals surface area contributed by atoms with Crippen LogP contribution in [0.5, 0.6) is 0 Å². The van der Waals surface area contributed by atoms with E-state index in [2.05, 4.69) is 26.6 Å². The lowest BCUT2D eigenvalue weighted by atomic mass is 10.1. The molecule has 1 amide bonds. The Labute approximate surface area is 131 Å². The van der Waals surface area contributed by atoms with E-state index in [0.29, 0.717) is 5.56 Å². The second-order valence-corrected chi connectivity index (χ2v) is 5.53.